The molecule has 1 unspecified atom stereocenters. The van der Waals surface area contributed by atoms with E-state index in [-0.39, 0.29) is 17.9 Å². The van der Waals surface area contributed by atoms with Crippen LogP contribution in [0.25, 0.3) is 5.82 Å². The zero-order valence-electron chi connectivity index (χ0n) is 15.6. The lowest BCUT2D eigenvalue weighted by atomic mass is 10.2. The van der Waals surface area contributed by atoms with Gasteiger partial charge in [-0.1, -0.05) is 0 Å². The summed E-state index contributed by atoms with van der Waals surface area (Å²) in [5, 5.41) is 15.8. The molecule has 9 nitrogen and oxygen atoms in total. The first-order valence-corrected chi connectivity index (χ1v) is 9.22. The van der Waals surface area contributed by atoms with Crippen molar-refractivity contribution < 1.29 is 9.59 Å². The highest BCUT2D eigenvalue weighted by atomic mass is 16.2. The number of nitrogens with zero attached hydrogens (tertiary/aromatic N) is 6. The van der Waals surface area contributed by atoms with Crippen LogP contribution >= 0.6 is 0 Å². The first kappa shape index (κ1) is 17.4. The van der Waals surface area contributed by atoms with E-state index < -0.39 is 0 Å². The molecule has 27 heavy (non-hydrogen) atoms. The molecule has 9 heteroatoms. The maximum Gasteiger partial charge on any atom is 0.245 e. The van der Waals surface area contributed by atoms with E-state index in [1.807, 2.05) is 36.9 Å². The van der Waals surface area contributed by atoms with Crippen LogP contribution in [0.3, 0.4) is 0 Å². The van der Waals surface area contributed by atoms with E-state index in [2.05, 4.69) is 25.5 Å². The van der Waals surface area contributed by atoms with Crippen LogP contribution < -0.4 is 10.2 Å². The molecule has 0 saturated carbocycles. The summed E-state index contributed by atoms with van der Waals surface area (Å²) in [7, 11) is 0. The summed E-state index contributed by atoms with van der Waals surface area (Å²) in [4.78, 5) is 27.7. The van der Waals surface area contributed by atoms with Crippen molar-refractivity contribution in [1.82, 2.24) is 30.2 Å². The van der Waals surface area contributed by atoms with Crippen molar-refractivity contribution in [3.63, 3.8) is 0 Å². The average molecular weight is 369 g/mol. The second-order valence-electron chi connectivity index (χ2n) is 7.06. The molecule has 0 bridgehead atoms. The first-order valence-electron chi connectivity index (χ1n) is 9.22. The Morgan fingerprint density at radius 2 is 1.81 bits per heavy atom. The molecule has 1 N–H and O–H groups in total. The molecule has 2 aliphatic heterocycles. The molecule has 0 radical (unpaired) electrons. The van der Waals surface area contributed by atoms with E-state index in [1.165, 1.54) is 0 Å². The monoisotopic (exact) mass is 369 g/mol. The lowest BCUT2D eigenvalue weighted by Gasteiger charge is -2.36. The predicted molar refractivity (Wildman–Crippen MR) is 98.6 cm³/mol. The van der Waals surface area contributed by atoms with E-state index in [1.54, 1.807) is 4.68 Å². The van der Waals surface area contributed by atoms with Gasteiger partial charge in [0.05, 0.1) is 5.69 Å². The summed E-state index contributed by atoms with van der Waals surface area (Å²) < 4.78 is 1.78. The number of hydrogen-bond acceptors (Lipinski definition) is 6. The van der Waals surface area contributed by atoms with Crippen LogP contribution in [0.15, 0.2) is 18.2 Å². The average Bonchev–Trinajstić information content (AvgIpc) is 3.26. The van der Waals surface area contributed by atoms with Gasteiger partial charge in [0.1, 0.15) is 6.04 Å². The van der Waals surface area contributed by atoms with E-state index in [4.69, 9.17) is 0 Å². The van der Waals surface area contributed by atoms with Crippen molar-refractivity contribution in [2.75, 3.05) is 31.1 Å². The molecule has 2 saturated heterocycles. The van der Waals surface area contributed by atoms with E-state index in [0.29, 0.717) is 44.8 Å². The summed E-state index contributed by atoms with van der Waals surface area (Å²) in [5.41, 5.74) is 1.96. The molecule has 2 aliphatic rings. The Labute approximate surface area is 157 Å². The first-order chi connectivity index (χ1) is 13.0. The van der Waals surface area contributed by atoms with E-state index in [0.717, 1.165) is 17.2 Å². The normalized spacial score (nSPS) is 20.1. The van der Waals surface area contributed by atoms with Crippen LogP contribution in [0, 0.1) is 13.8 Å². The maximum atomic E-state index is 12.5. The Morgan fingerprint density at radius 3 is 2.37 bits per heavy atom. The molecule has 142 valence electrons. The smallest absolute Gasteiger partial charge is 0.245 e. The molecule has 1 atom stereocenters. The van der Waals surface area contributed by atoms with Gasteiger partial charge in [0.2, 0.25) is 11.8 Å². The van der Waals surface area contributed by atoms with Crippen molar-refractivity contribution in [1.29, 1.82) is 0 Å². The number of hydrogen-bond donors (Lipinski definition) is 1. The van der Waals surface area contributed by atoms with Gasteiger partial charge in [-0.25, -0.2) is 4.68 Å². The van der Waals surface area contributed by atoms with Crippen LogP contribution in [0.5, 0.6) is 0 Å². The third-order valence-corrected chi connectivity index (χ3v) is 5.07. The number of carbonyl (C=O) groups excluding carboxylic acids is 2. The van der Waals surface area contributed by atoms with E-state index >= 15 is 0 Å². The predicted octanol–water partition coefficient (Wildman–Crippen LogP) is 0.206. The lowest BCUT2D eigenvalue weighted by molar-refractivity contribution is -0.134. The van der Waals surface area contributed by atoms with E-state index in [9.17, 15) is 9.59 Å². The Balaban J connectivity index is 1.37. The summed E-state index contributed by atoms with van der Waals surface area (Å²) in [6.07, 6.45) is 1.03. The zero-order valence-corrected chi connectivity index (χ0v) is 15.6. The highest BCUT2D eigenvalue weighted by molar-refractivity contribution is 5.90. The largest absolute Gasteiger partial charge is 0.352 e. The number of nitrogens with one attached hydrogen (secondary N) is 1. The van der Waals surface area contributed by atoms with Gasteiger partial charge in [0.25, 0.3) is 0 Å². The highest BCUT2D eigenvalue weighted by Gasteiger charge is 2.32. The third kappa shape index (κ3) is 3.49. The summed E-state index contributed by atoms with van der Waals surface area (Å²) in [5.74, 6) is 1.47. The van der Waals surface area contributed by atoms with Crippen molar-refractivity contribution in [2.45, 2.75) is 32.7 Å². The van der Waals surface area contributed by atoms with Crippen LogP contribution in [-0.4, -0.2) is 68.9 Å². The van der Waals surface area contributed by atoms with Gasteiger partial charge in [-0.2, -0.15) is 5.10 Å². The molecule has 0 spiro atoms. The zero-order chi connectivity index (χ0) is 19.0. The fourth-order valence-corrected chi connectivity index (χ4v) is 3.64. The standard InChI is InChI=1S/C18H23N7O2/c1-12-11-13(2)25(22-12)16-5-4-15(20-21-16)23-7-9-24(10-8-23)18(27)14-3-6-17(26)19-14/h4-5,11,14H,3,6-10H2,1-2H3,(H,19,26). The quantitative estimate of drug-likeness (QED) is 0.831. The molecule has 2 fully saturated rings. The lowest BCUT2D eigenvalue weighted by Crippen LogP contribution is -2.53. The molecule has 0 aliphatic carbocycles. The topological polar surface area (TPSA) is 96.2 Å². The second kappa shape index (κ2) is 6.98. The fraction of sp³-hybridized carbons (Fsp3) is 0.500. The summed E-state index contributed by atoms with van der Waals surface area (Å²) in [6.45, 7) is 6.56. The van der Waals surface area contributed by atoms with Gasteiger partial charge in [-0.05, 0) is 38.5 Å². The fourth-order valence-electron chi connectivity index (χ4n) is 3.64. The number of aryl methyl sites for hydroxylation is 2. The summed E-state index contributed by atoms with van der Waals surface area (Å²) >= 11 is 0. The van der Waals surface area contributed by atoms with Gasteiger partial charge < -0.3 is 15.1 Å². The molecular formula is C18H23N7O2. The highest BCUT2D eigenvalue weighted by Crippen LogP contribution is 2.17. The number of rotatable bonds is 3. The molecule has 2 amide bonds. The summed E-state index contributed by atoms with van der Waals surface area (Å²) in [6, 6.07) is 5.49. The minimum Gasteiger partial charge on any atom is -0.352 e. The van der Waals surface area contributed by atoms with Crippen molar-refractivity contribution in [3.8, 4) is 5.82 Å². The van der Waals surface area contributed by atoms with Crippen molar-refractivity contribution >= 4 is 17.6 Å². The van der Waals surface area contributed by atoms with Gasteiger partial charge in [0, 0.05) is 38.3 Å². The Kier molecular flexibility index (Phi) is 4.51. The molecule has 4 heterocycles. The Bertz CT molecular complexity index is 853. The number of aromatic nitrogens is 4. The maximum absolute atomic E-state index is 12.5. The molecule has 2 aromatic heterocycles. The number of piperazine rings is 1. The molecule has 0 aromatic carbocycles. The minimum atomic E-state index is -0.358. The number of carbonyl (C=O) groups is 2. The van der Waals surface area contributed by atoms with Crippen molar-refractivity contribution in [3.05, 3.63) is 29.6 Å². The SMILES string of the molecule is Cc1cc(C)n(-c2ccc(N3CCN(C(=O)C4CCC(=O)N4)CC3)nn2)n1. The van der Waals surface area contributed by atoms with Crippen molar-refractivity contribution in [2.24, 2.45) is 0 Å². The number of amides is 2. The number of anilines is 1. The van der Waals surface area contributed by atoms with Crippen LogP contribution in [-0.2, 0) is 9.59 Å². The molecule has 2 aromatic rings. The van der Waals surface area contributed by atoms with Crippen LogP contribution in [0.1, 0.15) is 24.2 Å². The van der Waals surface area contributed by atoms with Gasteiger partial charge in [-0.15, -0.1) is 10.2 Å². The Hall–Kier alpha value is -2.97. The molecule has 4 rings (SSSR count). The van der Waals surface area contributed by atoms with Gasteiger partial charge in [-0.3, -0.25) is 9.59 Å². The van der Waals surface area contributed by atoms with Crippen LogP contribution in [0.4, 0.5) is 5.82 Å². The van der Waals surface area contributed by atoms with Crippen LogP contribution in [0.2, 0.25) is 0 Å². The minimum absolute atomic E-state index is 0.0199. The van der Waals surface area contributed by atoms with Gasteiger partial charge >= 0.3 is 0 Å². The third-order valence-electron chi connectivity index (χ3n) is 5.07. The second-order valence-corrected chi connectivity index (χ2v) is 7.06. The Morgan fingerprint density at radius 1 is 1.11 bits per heavy atom. The van der Waals surface area contributed by atoms with Gasteiger partial charge in [0.15, 0.2) is 11.6 Å². The molecular weight excluding hydrogens is 346 g/mol.